The van der Waals surface area contributed by atoms with Gasteiger partial charge in [-0.05, 0) is 38.0 Å². The van der Waals surface area contributed by atoms with Crippen molar-refractivity contribution in [2.24, 2.45) is 5.73 Å². The van der Waals surface area contributed by atoms with Crippen LogP contribution in [0, 0.1) is 6.92 Å². The highest BCUT2D eigenvalue weighted by molar-refractivity contribution is 5.37. The Hall–Kier alpha value is -2.07. The zero-order valence-corrected chi connectivity index (χ0v) is 12.8. The molecule has 112 valence electrons. The highest BCUT2D eigenvalue weighted by Gasteiger charge is 2.08. The van der Waals surface area contributed by atoms with E-state index in [4.69, 9.17) is 15.2 Å². The lowest BCUT2D eigenvalue weighted by molar-refractivity contribution is 0.294. The van der Waals surface area contributed by atoms with Crippen LogP contribution in [0.1, 0.15) is 23.7 Å². The summed E-state index contributed by atoms with van der Waals surface area (Å²) in [6, 6.07) is 11.9. The van der Waals surface area contributed by atoms with Crippen LogP contribution in [0.3, 0.4) is 0 Å². The molecule has 0 radical (unpaired) electrons. The van der Waals surface area contributed by atoms with Crippen molar-refractivity contribution in [3.63, 3.8) is 0 Å². The number of methoxy groups -OCH3 is 1. The zero-order chi connectivity index (χ0) is 15.2. The number of pyridine rings is 1. The van der Waals surface area contributed by atoms with E-state index >= 15 is 0 Å². The highest BCUT2D eigenvalue weighted by atomic mass is 16.5. The van der Waals surface area contributed by atoms with E-state index in [1.54, 1.807) is 7.11 Å². The number of hydrogen-bond acceptors (Lipinski definition) is 4. The Balaban J connectivity index is 2.11. The van der Waals surface area contributed by atoms with E-state index in [9.17, 15) is 0 Å². The summed E-state index contributed by atoms with van der Waals surface area (Å²) < 4.78 is 11.0. The number of hydrogen-bond donors (Lipinski definition) is 1. The molecule has 4 heteroatoms. The molecule has 1 unspecified atom stereocenters. The molecule has 1 heterocycles. The van der Waals surface area contributed by atoms with Gasteiger partial charge in [-0.3, -0.25) is 0 Å². The molecule has 2 rings (SSSR count). The van der Waals surface area contributed by atoms with Crippen LogP contribution >= 0.6 is 0 Å². The third-order valence-electron chi connectivity index (χ3n) is 3.12. The minimum atomic E-state index is 0.101. The second-order valence-corrected chi connectivity index (χ2v) is 5.25. The van der Waals surface area contributed by atoms with E-state index < -0.39 is 0 Å². The number of nitrogens with two attached hydrogens (primary N) is 1. The molecule has 2 N–H and O–H groups in total. The number of benzene rings is 1. The molecular formula is C17H22N2O2. The molecule has 0 saturated carbocycles. The topological polar surface area (TPSA) is 57.4 Å². The van der Waals surface area contributed by atoms with E-state index in [0.717, 1.165) is 23.4 Å². The second kappa shape index (κ2) is 7.09. The van der Waals surface area contributed by atoms with Crippen molar-refractivity contribution in [2.45, 2.75) is 32.9 Å². The fourth-order valence-electron chi connectivity index (χ4n) is 2.16. The van der Waals surface area contributed by atoms with E-state index in [2.05, 4.69) is 18.0 Å². The summed E-state index contributed by atoms with van der Waals surface area (Å²) >= 11 is 0. The Morgan fingerprint density at radius 3 is 2.76 bits per heavy atom. The van der Waals surface area contributed by atoms with Crippen LogP contribution in [-0.2, 0) is 13.0 Å². The van der Waals surface area contributed by atoms with Crippen molar-refractivity contribution < 1.29 is 9.47 Å². The third kappa shape index (κ3) is 4.46. The molecule has 0 spiro atoms. The van der Waals surface area contributed by atoms with Crippen molar-refractivity contribution in [1.29, 1.82) is 0 Å². The summed E-state index contributed by atoms with van der Waals surface area (Å²) in [5, 5.41) is 0. The predicted molar refractivity (Wildman–Crippen MR) is 83.7 cm³/mol. The summed E-state index contributed by atoms with van der Waals surface area (Å²) in [5.74, 6) is 1.46. The summed E-state index contributed by atoms with van der Waals surface area (Å²) in [6.07, 6.45) is 0.794. The minimum absolute atomic E-state index is 0.101. The van der Waals surface area contributed by atoms with Crippen LogP contribution in [0.25, 0.3) is 0 Å². The average Bonchev–Trinajstić information content (AvgIpc) is 2.46. The molecule has 1 aromatic carbocycles. The van der Waals surface area contributed by atoms with Crippen molar-refractivity contribution >= 4 is 0 Å². The maximum atomic E-state index is 5.90. The molecule has 0 fully saturated rings. The van der Waals surface area contributed by atoms with Crippen molar-refractivity contribution in [2.75, 3.05) is 7.11 Å². The molecular weight excluding hydrogens is 264 g/mol. The van der Waals surface area contributed by atoms with Gasteiger partial charge in [-0.1, -0.05) is 23.8 Å². The molecule has 0 saturated heterocycles. The molecule has 4 nitrogen and oxygen atoms in total. The van der Waals surface area contributed by atoms with E-state index in [1.165, 1.54) is 5.56 Å². The Morgan fingerprint density at radius 1 is 1.24 bits per heavy atom. The largest absolute Gasteiger partial charge is 0.487 e. The number of nitrogens with zero attached hydrogens (tertiary/aromatic N) is 1. The van der Waals surface area contributed by atoms with Crippen LogP contribution < -0.4 is 15.2 Å². The Morgan fingerprint density at radius 2 is 2.05 bits per heavy atom. The van der Waals surface area contributed by atoms with Gasteiger partial charge in [0.15, 0.2) is 0 Å². The maximum absolute atomic E-state index is 5.90. The lowest BCUT2D eigenvalue weighted by atomic mass is 10.0. The standard InChI is InChI=1S/C17H22N2O2/c1-12-7-8-16(14(9-12)10-13(2)18)21-11-15-5-4-6-17(19-15)20-3/h4-9,13H,10-11,18H2,1-3H3. The lowest BCUT2D eigenvalue weighted by Gasteiger charge is -2.14. The second-order valence-electron chi connectivity index (χ2n) is 5.25. The number of aryl methyl sites for hydroxylation is 1. The third-order valence-corrected chi connectivity index (χ3v) is 3.12. The zero-order valence-electron chi connectivity index (χ0n) is 12.8. The number of rotatable bonds is 6. The normalized spacial score (nSPS) is 12.0. The first kappa shape index (κ1) is 15.3. The minimum Gasteiger partial charge on any atom is -0.487 e. The molecule has 0 aliphatic heterocycles. The van der Waals surface area contributed by atoms with Gasteiger partial charge in [0.1, 0.15) is 12.4 Å². The van der Waals surface area contributed by atoms with Crippen LogP contribution in [0.15, 0.2) is 36.4 Å². The number of aromatic nitrogens is 1. The quantitative estimate of drug-likeness (QED) is 0.887. The van der Waals surface area contributed by atoms with Gasteiger partial charge in [-0.15, -0.1) is 0 Å². The van der Waals surface area contributed by atoms with Crippen molar-refractivity contribution in [3.05, 3.63) is 53.2 Å². The van der Waals surface area contributed by atoms with Gasteiger partial charge in [0.2, 0.25) is 5.88 Å². The van der Waals surface area contributed by atoms with Gasteiger partial charge in [0.05, 0.1) is 12.8 Å². The Kier molecular flexibility index (Phi) is 5.17. The predicted octanol–water partition coefficient (Wildman–Crippen LogP) is 2.87. The van der Waals surface area contributed by atoms with Crippen LogP contribution in [0.2, 0.25) is 0 Å². The summed E-state index contributed by atoms with van der Waals surface area (Å²) in [5.41, 5.74) is 9.08. The molecule has 0 aliphatic carbocycles. The summed E-state index contributed by atoms with van der Waals surface area (Å²) in [7, 11) is 1.60. The molecule has 21 heavy (non-hydrogen) atoms. The Bertz CT molecular complexity index is 597. The Labute approximate surface area is 125 Å². The monoisotopic (exact) mass is 286 g/mol. The van der Waals surface area contributed by atoms with Crippen molar-refractivity contribution in [3.8, 4) is 11.6 Å². The smallest absolute Gasteiger partial charge is 0.213 e. The molecule has 1 atom stereocenters. The molecule has 0 bridgehead atoms. The van der Waals surface area contributed by atoms with Gasteiger partial charge < -0.3 is 15.2 Å². The van der Waals surface area contributed by atoms with E-state index in [1.807, 2.05) is 37.3 Å². The maximum Gasteiger partial charge on any atom is 0.213 e. The fourth-order valence-corrected chi connectivity index (χ4v) is 2.16. The van der Waals surface area contributed by atoms with E-state index in [-0.39, 0.29) is 6.04 Å². The van der Waals surface area contributed by atoms with Gasteiger partial charge in [0.25, 0.3) is 0 Å². The molecule has 2 aromatic rings. The van der Waals surface area contributed by atoms with Gasteiger partial charge in [0, 0.05) is 12.1 Å². The highest BCUT2D eigenvalue weighted by Crippen LogP contribution is 2.22. The molecule has 0 amide bonds. The lowest BCUT2D eigenvalue weighted by Crippen LogP contribution is -2.18. The summed E-state index contributed by atoms with van der Waals surface area (Å²) in [6.45, 7) is 4.47. The first-order chi connectivity index (χ1) is 10.1. The SMILES string of the molecule is COc1cccc(COc2ccc(C)cc2CC(C)N)n1. The summed E-state index contributed by atoms with van der Waals surface area (Å²) in [4.78, 5) is 4.34. The molecule has 1 aromatic heterocycles. The van der Waals surface area contributed by atoms with E-state index in [0.29, 0.717) is 12.5 Å². The van der Waals surface area contributed by atoms with Crippen molar-refractivity contribution in [1.82, 2.24) is 4.98 Å². The average molecular weight is 286 g/mol. The number of ether oxygens (including phenoxy) is 2. The fraction of sp³-hybridized carbons (Fsp3) is 0.353. The van der Waals surface area contributed by atoms with Crippen LogP contribution in [0.4, 0.5) is 0 Å². The molecule has 0 aliphatic rings. The van der Waals surface area contributed by atoms with Gasteiger partial charge in [-0.25, -0.2) is 4.98 Å². The first-order valence-electron chi connectivity index (χ1n) is 7.06. The van der Waals surface area contributed by atoms with Gasteiger partial charge >= 0.3 is 0 Å². The van der Waals surface area contributed by atoms with Crippen LogP contribution in [0.5, 0.6) is 11.6 Å². The van der Waals surface area contributed by atoms with Crippen LogP contribution in [-0.4, -0.2) is 18.1 Å². The van der Waals surface area contributed by atoms with Gasteiger partial charge in [-0.2, -0.15) is 0 Å². The first-order valence-corrected chi connectivity index (χ1v) is 7.06.